The highest BCUT2D eigenvalue weighted by Crippen LogP contribution is 2.89. The van der Waals surface area contributed by atoms with E-state index in [-0.39, 0.29) is 57.0 Å². The number of rotatable bonds is 5. The summed E-state index contributed by atoms with van der Waals surface area (Å²) in [4.78, 5) is 15.2. The van der Waals surface area contributed by atoms with E-state index in [9.17, 15) is 20.1 Å². The predicted octanol–water partition coefficient (Wildman–Crippen LogP) is 4.54. The maximum atomic E-state index is 13.3. The molecule has 8 fully saturated rings. The molecule has 2 spiro atoms. The molecule has 9 nitrogen and oxygen atoms in total. The number of aliphatic hydroxyl groups is 3. The van der Waals surface area contributed by atoms with Crippen LogP contribution in [0.4, 0.5) is 0 Å². The van der Waals surface area contributed by atoms with Gasteiger partial charge in [0, 0.05) is 12.0 Å². The zero-order valence-corrected chi connectivity index (χ0v) is 30.8. The molecule has 0 aromatic rings. The second-order valence-electron chi connectivity index (χ2n) is 19.9. The van der Waals surface area contributed by atoms with Crippen molar-refractivity contribution < 1.29 is 39.1 Å². The summed E-state index contributed by atoms with van der Waals surface area (Å²) in [5.74, 6) is 1.65. The zero-order valence-electron chi connectivity index (χ0n) is 30.8. The van der Waals surface area contributed by atoms with E-state index in [1.807, 2.05) is 11.8 Å². The molecular formula is C39H63NO8. The monoisotopic (exact) mass is 673 g/mol. The van der Waals surface area contributed by atoms with Crippen molar-refractivity contribution in [1.82, 2.24) is 4.90 Å². The van der Waals surface area contributed by atoms with Crippen LogP contribution in [0, 0.1) is 56.2 Å². The number of aliphatic hydroxyl groups excluding tert-OH is 2. The van der Waals surface area contributed by atoms with E-state index in [2.05, 4.69) is 34.6 Å². The molecule has 5 aliphatic carbocycles. The number of morpholine rings is 1. The van der Waals surface area contributed by atoms with Gasteiger partial charge in [-0.05, 0) is 117 Å². The van der Waals surface area contributed by atoms with Gasteiger partial charge in [0.1, 0.15) is 6.10 Å². The lowest BCUT2D eigenvalue weighted by molar-refractivity contribution is -0.250. The lowest BCUT2D eigenvalue weighted by atomic mass is 9.41. The first kappa shape index (κ1) is 34.3. The maximum Gasteiger partial charge on any atom is 0.233 e. The highest BCUT2D eigenvalue weighted by molar-refractivity contribution is 5.83. The van der Waals surface area contributed by atoms with Gasteiger partial charge in [-0.1, -0.05) is 34.6 Å². The van der Waals surface area contributed by atoms with Crippen LogP contribution in [-0.2, 0) is 23.7 Å². The largest absolute Gasteiger partial charge is 0.390 e. The molecule has 4 unspecified atom stereocenters. The van der Waals surface area contributed by atoms with E-state index >= 15 is 0 Å². The molecule has 0 radical (unpaired) electrons. The van der Waals surface area contributed by atoms with Crippen molar-refractivity contribution in [3.63, 3.8) is 0 Å². The third-order valence-electron chi connectivity index (χ3n) is 16.8. The number of carbonyl (C=O) groups excluding carboxylic acids is 1. The molecular weight excluding hydrogens is 610 g/mol. The molecule has 8 aliphatic rings. The first-order valence-electron chi connectivity index (χ1n) is 19.2. The summed E-state index contributed by atoms with van der Waals surface area (Å²) in [7, 11) is 0. The van der Waals surface area contributed by atoms with E-state index in [1.165, 1.54) is 12.8 Å². The number of hydrogen-bond donors (Lipinski definition) is 3. The van der Waals surface area contributed by atoms with Gasteiger partial charge in [0.25, 0.3) is 0 Å². The summed E-state index contributed by atoms with van der Waals surface area (Å²) in [6, 6.07) is 0. The SMILES string of the molecule is C[C@@H]1CC([C@H](O)C(C)(C)O)OC2[C@H]1[C@@]1(C)CC[C@@]34C[C@@]35CCC(O[C@H]3CN(C(=O)C6(C)COC6)CCO3)C(C)(C)[C@@H]5CCC4[C@]1(C)[C@H]2O. The molecule has 0 bridgehead atoms. The van der Waals surface area contributed by atoms with Crippen molar-refractivity contribution in [3.05, 3.63) is 0 Å². The van der Waals surface area contributed by atoms with Gasteiger partial charge in [0.05, 0.1) is 61.8 Å². The summed E-state index contributed by atoms with van der Waals surface area (Å²) < 4.78 is 25.0. The van der Waals surface area contributed by atoms with Crippen molar-refractivity contribution >= 4 is 5.91 Å². The Morgan fingerprint density at radius 2 is 1.69 bits per heavy atom. The molecule has 9 heteroatoms. The van der Waals surface area contributed by atoms with Gasteiger partial charge < -0.3 is 39.2 Å². The molecule has 0 aromatic heterocycles. The van der Waals surface area contributed by atoms with Crippen molar-refractivity contribution in [2.45, 2.75) is 149 Å². The highest BCUT2D eigenvalue weighted by Gasteiger charge is 2.84. The normalized spacial score (nSPS) is 52.5. The number of fused-ring (bicyclic) bond motifs is 4. The second-order valence-corrected chi connectivity index (χ2v) is 19.9. The molecule has 0 aromatic carbocycles. The number of hydrogen-bond acceptors (Lipinski definition) is 8. The fraction of sp³-hybridized carbons (Fsp3) is 0.974. The minimum Gasteiger partial charge on any atom is -0.390 e. The van der Waals surface area contributed by atoms with Crippen LogP contribution in [0.5, 0.6) is 0 Å². The van der Waals surface area contributed by atoms with E-state index in [1.54, 1.807) is 13.8 Å². The molecule has 5 saturated carbocycles. The molecule has 3 aliphatic heterocycles. The van der Waals surface area contributed by atoms with Gasteiger partial charge in [-0.2, -0.15) is 0 Å². The summed E-state index contributed by atoms with van der Waals surface area (Å²) in [5, 5.41) is 34.1. The van der Waals surface area contributed by atoms with E-state index in [0.29, 0.717) is 51.2 Å². The standard InChI is InChI=1S/C39H63NO8/c1-22-17-23(30(41)34(4,5)44)47-29-28(22)36(7)13-14-39-19-38(39)12-11-26(33(2,3)24(38)9-10-25(39)37(36,8)31(29)42)48-27-18-40(15-16-46-27)32(43)35(6)20-45-21-35/h22-31,41-42,44H,9-21H2,1-8H3/t22-,23?,24+,25?,26?,27+,28+,29?,30+,31+,36-,37-,38-,39+/m1/s1. The Morgan fingerprint density at radius 1 is 1.00 bits per heavy atom. The summed E-state index contributed by atoms with van der Waals surface area (Å²) in [6.07, 6.45) is 5.93. The Bertz CT molecular complexity index is 1310. The van der Waals surface area contributed by atoms with Gasteiger partial charge >= 0.3 is 0 Å². The maximum absolute atomic E-state index is 13.3. The van der Waals surface area contributed by atoms with Gasteiger partial charge in [0.2, 0.25) is 5.91 Å². The van der Waals surface area contributed by atoms with E-state index in [4.69, 9.17) is 18.9 Å². The molecule has 3 N–H and O–H groups in total. The summed E-state index contributed by atoms with van der Waals surface area (Å²) >= 11 is 0. The third-order valence-corrected chi connectivity index (χ3v) is 16.8. The molecule has 272 valence electrons. The quantitative estimate of drug-likeness (QED) is 0.390. The smallest absolute Gasteiger partial charge is 0.233 e. The van der Waals surface area contributed by atoms with Gasteiger partial charge in [0.15, 0.2) is 6.29 Å². The minimum atomic E-state index is -1.26. The second kappa shape index (κ2) is 10.6. The fourth-order valence-corrected chi connectivity index (χ4v) is 14.2. The van der Waals surface area contributed by atoms with Crippen LogP contribution in [0.15, 0.2) is 0 Å². The predicted molar refractivity (Wildman–Crippen MR) is 179 cm³/mol. The van der Waals surface area contributed by atoms with Gasteiger partial charge in [-0.25, -0.2) is 0 Å². The minimum absolute atomic E-state index is 0.0296. The van der Waals surface area contributed by atoms with Crippen LogP contribution in [0.3, 0.4) is 0 Å². The van der Waals surface area contributed by atoms with E-state index < -0.39 is 35.6 Å². The average molecular weight is 674 g/mol. The summed E-state index contributed by atoms with van der Waals surface area (Å²) in [6.45, 7) is 19.8. The lowest BCUT2D eigenvalue weighted by Crippen LogP contribution is -2.61. The topological polar surface area (TPSA) is 118 Å². The Labute approximate surface area is 287 Å². The van der Waals surface area contributed by atoms with Crippen molar-refractivity contribution in [1.29, 1.82) is 0 Å². The van der Waals surface area contributed by atoms with Crippen LogP contribution in [0.1, 0.15) is 107 Å². The van der Waals surface area contributed by atoms with E-state index in [0.717, 1.165) is 32.1 Å². The van der Waals surface area contributed by atoms with Crippen LogP contribution in [0.2, 0.25) is 0 Å². The van der Waals surface area contributed by atoms with Gasteiger partial charge in [-0.15, -0.1) is 0 Å². The third kappa shape index (κ3) is 4.30. The van der Waals surface area contributed by atoms with Gasteiger partial charge in [-0.3, -0.25) is 4.79 Å². The Balaban J connectivity index is 1.01. The molecule has 48 heavy (non-hydrogen) atoms. The van der Waals surface area contributed by atoms with Crippen molar-refractivity contribution in [3.8, 4) is 0 Å². The summed E-state index contributed by atoms with van der Waals surface area (Å²) in [5.41, 5.74) is -1.52. The lowest BCUT2D eigenvalue weighted by Gasteiger charge is -2.64. The molecule has 8 rings (SSSR count). The van der Waals surface area contributed by atoms with Crippen LogP contribution < -0.4 is 0 Å². The number of amides is 1. The number of nitrogens with zero attached hydrogens (tertiary/aromatic N) is 1. The Morgan fingerprint density at radius 3 is 2.35 bits per heavy atom. The molecule has 3 heterocycles. The first-order chi connectivity index (χ1) is 22.4. The molecule has 3 saturated heterocycles. The first-order valence-corrected chi connectivity index (χ1v) is 19.2. The molecule has 1 amide bonds. The molecule has 14 atom stereocenters. The van der Waals surface area contributed by atoms with Crippen LogP contribution >= 0.6 is 0 Å². The van der Waals surface area contributed by atoms with Crippen molar-refractivity contribution in [2.75, 3.05) is 32.9 Å². The van der Waals surface area contributed by atoms with Crippen molar-refractivity contribution in [2.24, 2.45) is 56.2 Å². The number of carbonyl (C=O) groups is 1. The fourth-order valence-electron chi connectivity index (χ4n) is 14.2. The number of ether oxygens (including phenoxy) is 4. The van der Waals surface area contributed by atoms with Crippen LogP contribution in [-0.4, -0.2) is 101 Å². The highest BCUT2D eigenvalue weighted by atomic mass is 16.7. The zero-order chi connectivity index (χ0) is 34.4. The Hall–Kier alpha value is -0.810. The van der Waals surface area contributed by atoms with Crippen LogP contribution in [0.25, 0.3) is 0 Å². The Kier molecular flexibility index (Phi) is 7.59. The average Bonchev–Trinajstić information content (AvgIpc) is 3.65.